The summed E-state index contributed by atoms with van der Waals surface area (Å²) in [5, 5.41) is 4.98. The number of carbonyl (C=O) groups excluding carboxylic acids is 1. The fraction of sp³-hybridized carbons (Fsp3) is 0. The molecule has 0 aliphatic rings. The molecule has 0 aliphatic carbocycles. The first-order valence-electron chi connectivity index (χ1n) is 6.16. The fourth-order valence-electron chi connectivity index (χ4n) is 1.78. The van der Waals surface area contributed by atoms with Crippen LogP contribution >= 0.6 is 15.9 Å². The van der Waals surface area contributed by atoms with Gasteiger partial charge in [-0.05, 0) is 46.3 Å². The van der Waals surface area contributed by atoms with Gasteiger partial charge in [0.1, 0.15) is 15.6 Å². The average Bonchev–Trinajstić information content (AvgIpc) is 2.48. The highest BCUT2D eigenvalue weighted by molar-refractivity contribution is 9.10. The molecule has 7 nitrogen and oxygen atoms in total. The molecule has 3 N–H and O–H groups in total. The molecule has 0 saturated heterocycles. The quantitative estimate of drug-likeness (QED) is 0.748. The van der Waals surface area contributed by atoms with Crippen LogP contribution in [0.1, 0.15) is 10.4 Å². The molecule has 0 unspecified atom stereocenters. The van der Waals surface area contributed by atoms with Crippen molar-refractivity contribution in [2.75, 3.05) is 0 Å². The first-order chi connectivity index (χ1) is 11.0. The van der Waals surface area contributed by atoms with Crippen molar-refractivity contribution in [2.24, 2.45) is 5.14 Å². The second-order valence-electron chi connectivity index (χ2n) is 4.56. The molecule has 0 fully saturated rings. The molecule has 0 radical (unpaired) electrons. The summed E-state index contributed by atoms with van der Waals surface area (Å²) in [6.45, 7) is 0. The zero-order valence-corrected chi connectivity index (χ0v) is 15.0. The number of amides is 1. The largest absolute Gasteiger partial charge is 0.268 e. The lowest BCUT2D eigenvalue weighted by atomic mass is 10.2. The van der Waals surface area contributed by atoms with Gasteiger partial charge in [-0.15, -0.1) is 0 Å². The lowest BCUT2D eigenvalue weighted by Crippen LogP contribution is -2.32. The van der Waals surface area contributed by atoms with Gasteiger partial charge in [0.2, 0.25) is 10.0 Å². The topological polar surface area (TPSA) is 123 Å². The standard InChI is InChI=1S/C13H10BrFN2O5S2/c14-9-7-8(5-6-10(9)15)13(18)17-24(21,22)12-4-2-1-3-11(12)23(16,19)20/h1-7H,(H,17,18)(H2,16,19,20). The average molecular weight is 437 g/mol. The number of sulfonamides is 2. The van der Waals surface area contributed by atoms with Gasteiger partial charge in [0.25, 0.3) is 15.9 Å². The first-order valence-corrected chi connectivity index (χ1v) is 9.98. The van der Waals surface area contributed by atoms with Crippen LogP contribution < -0.4 is 9.86 Å². The van der Waals surface area contributed by atoms with E-state index in [0.29, 0.717) is 0 Å². The Kier molecular flexibility index (Phi) is 5.08. The molecule has 2 aromatic rings. The van der Waals surface area contributed by atoms with Crippen molar-refractivity contribution in [1.29, 1.82) is 0 Å². The van der Waals surface area contributed by atoms with Crippen LogP contribution in [0, 0.1) is 5.82 Å². The fourth-order valence-corrected chi connectivity index (χ4v) is 4.52. The van der Waals surface area contributed by atoms with Crippen molar-refractivity contribution < 1.29 is 26.0 Å². The Morgan fingerprint density at radius 1 is 1.04 bits per heavy atom. The van der Waals surface area contributed by atoms with Gasteiger partial charge in [-0.1, -0.05) is 12.1 Å². The van der Waals surface area contributed by atoms with Gasteiger partial charge in [-0.2, -0.15) is 0 Å². The zero-order valence-electron chi connectivity index (χ0n) is 11.7. The summed E-state index contributed by atoms with van der Waals surface area (Å²) in [5.74, 6) is -1.69. The summed E-state index contributed by atoms with van der Waals surface area (Å²) in [6, 6.07) is 7.71. The lowest BCUT2D eigenvalue weighted by molar-refractivity contribution is 0.0981. The molecule has 0 aliphatic heterocycles. The van der Waals surface area contributed by atoms with Crippen LogP contribution in [0.15, 0.2) is 56.7 Å². The van der Waals surface area contributed by atoms with Gasteiger partial charge in [0.05, 0.1) is 4.47 Å². The monoisotopic (exact) mass is 436 g/mol. The molecule has 0 atom stereocenters. The summed E-state index contributed by atoms with van der Waals surface area (Å²) < 4.78 is 62.4. The predicted molar refractivity (Wildman–Crippen MR) is 86.6 cm³/mol. The Morgan fingerprint density at radius 2 is 1.62 bits per heavy atom. The third-order valence-electron chi connectivity index (χ3n) is 2.85. The van der Waals surface area contributed by atoms with Crippen molar-refractivity contribution >= 4 is 41.9 Å². The molecule has 1 amide bonds. The van der Waals surface area contributed by atoms with Crippen molar-refractivity contribution in [1.82, 2.24) is 4.72 Å². The van der Waals surface area contributed by atoms with E-state index in [1.165, 1.54) is 12.1 Å². The van der Waals surface area contributed by atoms with Gasteiger partial charge in [-0.25, -0.2) is 31.1 Å². The second-order valence-corrected chi connectivity index (χ2v) is 8.59. The number of rotatable bonds is 4. The van der Waals surface area contributed by atoms with E-state index in [2.05, 4.69) is 15.9 Å². The molecule has 11 heteroatoms. The van der Waals surface area contributed by atoms with Crippen molar-refractivity contribution in [2.45, 2.75) is 9.79 Å². The maximum absolute atomic E-state index is 13.2. The van der Waals surface area contributed by atoms with Gasteiger partial charge in [-0.3, -0.25) is 4.79 Å². The summed E-state index contributed by atoms with van der Waals surface area (Å²) in [7, 11) is -8.83. The summed E-state index contributed by atoms with van der Waals surface area (Å²) in [4.78, 5) is 10.7. The van der Waals surface area contributed by atoms with E-state index in [4.69, 9.17) is 5.14 Å². The normalized spacial score (nSPS) is 12.0. The number of hydrogen-bond acceptors (Lipinski definition) is 5. The van der Waals surface area contributed by atoms with Crippen molar-refractivity contribution in [3.8, 4) is 0 Å². The van der Waals surface area contributed by atoms with Crippen LogP contribution in [-0.4, -0.2) is 22.7 Å². The maximum atomic E-state index is 13.2. The van der Waals surface area contributed by atoms with Crippen LogP contribution in [0.3, 0.4) is 0 Å². The summed E-state index contributed by atoms with van der Waals surface area (Å²) in [5.41, 5.74) is -0.139. The van der Waals surface area contributed by atoms with E-state index < -0.39 is 41.6 Å². The number of carbonyl (C=O) groups is 1. The van der Waals surface area contributed by atoms with Crippen LogP contribution in [-0.2, 0) is 20.0 Å². The third kappa shape index (κ3) is 3.98. The molecule has 0 bridgehead atoms. The van der Waals surface area contributed by atoms with Gasteiger partial charge in [0.15, 0.2) is 0 Å². The number of benzene rings is 2. The second kappa shape index (κ2) is 6.59. The number of nitrogens with one attached hydrogen (secondary N) is 1. The number of halogens is 2. The van der Waals surface area contributed by atoms with E-state index in [0.717, 1.165) is 30.3 Å². The Labute approximate surface area is 145 Å². The first kappa shape index (κ1) is 18.5. The summed E-state index contributed by atoms with van der Waals surface area (Å²) in [6.07, 6.45) is 0. The minimum atomic E-state index is -4.51. The predicted octanol–water partition coefficient (Wildman–Crippen LogP) is 1.35. The van der Waals surface area contributed by atoms with E-state index in [1.807, 2.05) is 0 Å². The van der Waals surface area contributed by atoms with Crippen LogP contribution in [0.2, 0.25) is 0 Å². The van der Waals surface area contributed by atoms with Crippen LogP contribution in [0.25, 0.3) is 0 Å². The molecule has 0 saturated carbocycles. The Bertz CT molecular complexity index is 1020. The van der Waals surface area contributed by atoms with Gasteiger partial charge >= 0.3 is 0 Å². The minimum Gasteiger partial charge on any atom is -0.268 e. The zero-order chi connectivity index (χ0) is 18.1. The number of primary sulfonamides is 1. The van der Waals surface area contributed by atoms with E-state index >= 15 is 0 Å². The molecule has 2 aromatic carbocycles. The third-order valence-corrected chi connectivity index (χ3v) is 5.95. The van der Waals surface area contributed by atoms with E-state index in [9.17, 15) is 26.0 Å². The Morgan fingerprint density at radius 3 is 2.17 bits per heavy atom. The van der Waals surface area contributed by atoms with E-state index in [1.54, 1.807) is 4.72 Å². The molecule has 0 spiro atoms. The molecule has 0 aromatic heterocycles. The Hall–Kier alpha value is -1.82. The minimum absolute atomic E-state index is 0.0301. The summed E-state index contributed by atoms with van der Waals surface area (Å²) >= 11 is 2.88. The highest BCUT2D eigenvalue weighted by Crippen LogP contribution is 2.20. The smallest absolute Gasteiger partial charge is 0.265 e. The SMILES string of the molecule is NS(=O)(=O)c1ccccc1S(=O)(=O)NC(=O)c1ccc(F)c(Br)c1. The van der Waals surface area contributed by atoms with Gasteiger partial charge < -0.3 is 0 Å². The van der Waals surface area contributed by atoms with Gasteiger partial charge in [0, 0.05) is 5.56 Å². The molecule has 0 heterocycles. The molecular formula is C13H10BrFN2O5S2. The number of hydrogen-bond donors (Lipinski definition) is 2. The van der Waals surface area contributed by atoms with E-state index in [-0.39, 0.29) is 10.0 Å². The van der Waals surface area contributed by atoms with Crippen LogP contribution in [0.4, 0.5) is 4.39 Å². The molecule has 128 valence electrons. The highest BCUT2D eigenvalue weighted by atomic mass is 79.9. The van der Waals surface area contributed by atoms with Crippen molar-refractivity contribution in [3.63, 3.8) is 0 Å². The highest BCUT2D eigenvalue weighted by Gasteiger charge is 2.26. The maximum Gasteiger partial charge on any atom is 0.265 e. The van der Waals surface area contributed by atoms with Crippen LogP contribution in [0.5, 0.6) is 0 Å². The lowest BCUT2D eigenvalue weighted by Gasteiger charge is -2.10. The molecule has 24 heavy (non-hydrogen) atoms. The molecule has 2 rings (SSSR count). The number of nitrogens with two attached hydrogens (primary N) is 1. The molecular weight excluding hydrogens is 427 g/mol. The van der Waals surface area contributed by atoms with Crippen molar-refractivity contribution in [3.05, 3.63) is 58.3 Å². The Balaban J connectivity index is 2.42.